The maximum Gasteiger partial charge on any atom is 0.407 e. The first-order chi connectivity index (χ1) is 13.7. The van der Waals surface area contributed by atoms with Crippen LogP contribution in [0.4, 0.5) is 4.79 Å². The molecule has 8 nitrogen and oxygen atoms in total. The molecule has 2 fully saturated rings. The Morgan fingerprint density at radius 3 is 2.57 bits per heavy atom. The molecule has 1 aromatic carbocycles. The Morgan fingerprint density at radius 1 is 1.14 bits per heavy atom. The standard InChI is InChI=1S/C20H30N2O6/c23-19(11-21-28-16-8-4-5-9-16)18(10-15-6-2-1-3-7-15)22-20(24)27-17-12-25-14-26-13-17/h1-3,6-7,16-19,21,23H,4-5,8-14H2,(H,22,24)/t18-,19?/m0/s1. The lowest BCUT2D eigenvalue weighted by Gasteiger charge is -2.27. The number of aliphatic hydroxyl groups excluding tert-OH is 1. The highest BCUT2D eigenvalue weighted by Crippen LogP contribution is 2.19. The van der Waals surface area contributed by atoms with Crippen LogP contribution in [0, 0.1) is 0 Å². The van der Waals surface area contributed by atoms with Crippen LogP contribution in [0.15, 0.2) is 30.3 Å². The zero-order chi connectivity index (χ0) is 19.6. The number of ether oxygens (including phenoxy) is 3. The molecular weight excluding hydrogens is 364 g/mol. The fraction of sp³-hybridized carbons (Fsp3) is 0.650. The van der Waals surface area contributed by atoms with Crippen molar-refractivity contribution in [2.45, 2.75) is 56.5 Å². The molecule has 0 spiro atoms. The van der Waals surface area contributed by atoms with Gasteiger partial charge in [0.1, 0.15) is 6.79 Å². The van der Waals surface area contributed by atoms with E-state index in [-0.39, 0.29) is 19.4 Å². The Bertz CT molecular complexity index is 575. The van der Waals surface area contributed by atoms with Crippen molar-refractivity contribution in [3.8, 4) is 0 Å². The minimum absolute atomic E-state index is 0.198. The Labute approximate surface area is 165 Å². The van der Waals surface area contributed by atoms with Crippen molar-refractivity contribution in [1.29, 1.82) is 0 Å². The molecule has 3 rings (SSSR count). The Hall–Kier alpha value is -1.71. The van der Waals surface area contributed by atoms with Crippen LogP contribution in [-0.4, -0.2) is 62.1 Å². The van der Waals surface area contributed by atoms with E-state index in [1.807, 2.05) is 30.3 Å². The predicted octanol–water partition coefficient (Wildman–Crippen LogP) is 1.52. The average molecular weight is 394 g/mol. The second-order valence-corrected chi connectivity index (χ2v) is 7.27. The molecule has 1 heterocycles. The van der Waals surface area contributed by atoms with Crippen LogP contribution in [0.5, 0.6) is 0 Å². The lowest BCUT2D eigenvalue weighted by Crippen LogP contribution is -2.50. The second-order valence-electron chi connectivity index (χ2n) is 7.27. The van der Waals surface area contributed by atoms with Gasteiger partial charge in [0.2, 0.25) is 0 Å². The summed E-state index contributed by atoms with van der Waals surface area (Å²) in [7, 11) is 0. The second kappa shape index (κ2) is 11.3. The van der Waals surface area contributed by atoms with Crippen LogP contribution in [-0.2, 0) is 25.5 Å². The quantitative estimate of drug-likeness (QED) is 0.546. The lowest BCUT2D eigenvalue weighted by atomic mass is 10.0. The van der Waals surface area contributed by atoms with E-state index >= 15 is 0 Å². The molecule has 3 N–H and O–H groups in total. The minimum Gasteiger partial charge on any atom is -0.441 e. The van der Waals surface area contributed by atoms with Crippen molar-refractivity contribution in [3.05, 3.63) is 35.9 Å². The third kappa shape index (κ3) is 7.03. The Morgan fingerprint density at radius 2 is 1.86 bits per heavy atom. The summed E-state index contributed by atoms with van der Waals surface area (Å²) < 4.78 is 15.6. The van der Waals surface area contributed by atoms with Gasteiger partial charge >= 0.3 is 6.09 Å². The van der Waals surface area contributed by atoms with Crippen molar-refractivity contribution in [2.75, 3.05) is 26.6 Å². The van der Waals surface area contributed by atoms with Crippen LogP contribution >= 0.6 is 0 Å². The number of amides is 1. The van der Waals surface area contributed by atoms with Gasteiger partial charge in [0.15, 0.2) is 6.10 Å². The molecule has 1 aliphatic heterocycles. The minimum atomic E-state index is -0.840. The highest BCUT2D eigenvalue weighted by Gasteiger charge is 2.26. The molecule has 1 saturated carbocycles. The Balaban J connectivity index is 1.51. The number of aliphatic hydroxyl groups is 1. The van der Waals surface area contributed by atoms with Gasteiger partial charge < -0.3 is 24.6 Å². The molecule has 156 valence electrons. The number of benzene rings is 1. The number of hydrogen-bond acceptors (Lipinski definition) is 7. The summed E-state index contributed by atoms with van der Waals surface area (Å²) in [5.41, 5.74) is 3.87. The number of rotatable bonds is 9. The number of carbonyl (C=O) groups excluding carboxylic acids is 1. The van der Waals surface area contributed by atoms with Gasteiger partial charge in [-0.25, -0.2) is 4.79 Å². The zero-order valence-electron chi connectivity index (χ0n) is 16.0. The van der Waals surface area contributed by atoms with Gasteiger partial charge in [-0.3, -0.25) is 4.84 Å². The fourth-order valence-electron chi connectivity index (χ4n) is 3.42. The van der Waals surface area contributed by atoms with Crippen LogP contribution in [0.3, 0.4) is 0 Å². The number of hydrogen-bond donors (Lipinski definition) is 3. The van der Waals surface area contributed by atoms with Crippen molar-refractivity contribution in [3.63, 3.8) is 0 Å². The topological polar surface area (TPSA) is 98.3 Å². The lowest BCUT2D eigenvalue weighted by molar-refractivity contribution is -0.151. The summed E-state index contributed by atoms with van der Waals surface area (Å²) in [6.07, 6.45) is 3.19. The third-order valence-corrected chi connectivity index (χ3v) is 4.96. The summed E-state index contributed by atoms with van der Waals surface area (Å²) in [4.78, 5) is 17.9. The van der Waals surface area contributed by atoms with E-state index in [0.29, 0.717) is 19.6 Å². The van der Waals surface area contributed by atoms with Crippen LogP contribution in [0.1, 0.15) is 31.2 Å². The molecule has 1 amide bonds. The first kappa shape index (κ1) is 21.0. The number of hydroxylamine groups is 1. The molecule has 2 aliphatic rings. The molecule has 0 aromatic heterocycles. The third-order valence-electron chi connectivity index (χ3n) is 4.96. The SMILES string of the molecule is O=C(N[C@@H](Cc1ccccc1)C(O)CNOC1CCCC1)OC1COCOC1. The van der Waals surface area contributed by atoms with Gasteiger partial charge in [0.05, 0.1) is 31.5 Å². The molecule has 2 atom stereocenters. The molecule has 0 radical (unpaired) electrons. The summed E-state index contributed by atoms with van der Waals surface area (Å²) in [6.45, 7) is 1.03. The van der Waals surface area contributed by atoms with Crippen molar-refractivity contribution in [1.82, 2.24) is 10.8 Å². The number of nitrogens with one attached hydrogen (secondary N) is 2. The van der Waals surface area contributed by atoms with Gasteiger partial charge in [-0.15, -0.1) is 0 Å². The summed E-state index contributed by atoms with van der Waals surface area (Å²) in [5, 5.41) is 13.4. The first-order valence-corrected chi connectivity index (χ1v) is 9.94. The molecule has 1 aliphatic carbocycles. The molecule has 8 heteroatoms. The van der Waals surface area contributed by atoms with Crippen molar-refractivity contribution >= 4 is 6.09 Å². The summed E-state index contributed by atoms with van der Waals surface area (Å²) in [6, 6.07) is 9.16. The van der Waals surface area contributed by atoms with E-state index in [1.165, 1.54) is 12.8 Å². The average Bonchev–Trinajstić information content (AvgIpc) is 3.22. The van der Waals surface area contributed by atoms with E-state index in [1.54, 1.807) is 0 Å². The molecule has 1 unspecified atom stereocenters. The van der Waals surface area contributed by atoms with Crippen LogP contribution < -0.4 is 10.8 Å². The van der Waals surface area contributed by atoms with E-state index < -0.39 is 24.3 Å². The maximum absolute atomic E-state index is 12.3. The maximum atomic E-state index is 12.3. The summed E-state index contributed by atoms with van der Waals surface area (Å²) >= 11 is 0. The van der Waals surface area contributed by atoms with E-state index in [9.17, 15) is 9.90 Å². The number of alkyl carbamates (subject to hydrolysis) is 1. The van der Waals surface area contributed by atoms with E-state index in [4.69, 9.17) is 19.0 Å². The number of carbonyl (C=O) groups is 1. The Kier molecular flexibility index (Phi) is 8.50. The van der Waals surface area contributed by atoms with Crippen LogP contribution in [0.2, 0.25) is 0 Å². The molecule has 1 aromatic rings. The van der Waals surface area contributed by atoms with Gasteiger partial charge in [-0.05, 0) is 24.8 Å². The molecular formula is C20H30N2O6. The fourth-order valence-corrected chi connectivity index (χ4v) is 3.42. The van der Waals surface area contributed by atoms with Crippen molar-refractivity contribution in [2.24, 2.45) is 0 Å². The first-order valence-electron chi connectivity index (χ1n) is 9.94. The zero-order valence-corrected chi connectivity index (χ0v) is 16.0. The van der Waals surface area contributed by atoms with Crippen LogP contribution in [0.25, 0.3) is 0 Å². The van der Waals surface area contributed by atoms with Gasteiger partial charge in [0.25, 0.3) is 0 Å². The smallest absolute Gasteiger partial charge is 0.407 e. The van der Waals surface area contributed by atoms with E-state index in [2.05, 4.69) is 10.8 Å². The molecule has 1 saturated heterocycles. The van der Waals surface area contributed by atoms with E-state index in [0.717, 1.165) is 18.4 Å². The predicted molar refractivity (Wildman–Crippen MR) is 101 cm³/mol. The van der Waals surface area contributed by atoms with Crippen molar-refractivity contribution < 1.29 is 28.9 Å². The normalized spacial score (nSPS) is 20.6. The summed E-state index contributed by atoms with van der Waals surface area (Å²) in [5.74, 6) is 0. The highest BCUT2D eigenvalue weighted by molar-refractivity contribution is 5.68. The monoisotopic (exact) mass is 394 g/mol. The molecule has 28 heavy (non-hydrogen) atoms. The van der Waals surface area contributed by atoms with Gasteiger partial charge in [-0.2, -0.15) is 5.48 Å². The van der Waals surface area contributed by atoms with Gasteiger partial charge in [-0.1, -0.05) is 43.2 Å². The largest absolute Gasteiger partial charge is 0.441 e. The molecule has 0 bridgehead atoms. The highest BCUT2D eigenvalue weighted by atomic mass is 16.7. The van der Waals surface area contributed by atoms with Gasteiger partial charge in [0, 0.05) is 6.54 Å².